The quantitative estimate of drug-likeness (QED) is 0.773. The summed E-state index contributed by atoms with van der Waals surface area (Å²) in [5, 5.41) is 3.22. The maximum atomic E-state index is 6.20. The molecule has 0 aliphatic rings. The smallest absolute Gasteiger partial charge is 0.225 e. The molecule has 1 aromatic heterocycles. The van der Waals surface area contributed by atoms with Gasteiger partial charge in [-0.1, -0.05) is 13.8 Å². The second-order valence-corrected chi connectivity index (χ2v) is 5.61. The van der Waals surface area contributed by atoms with Gasteiger partial charge in [0.15, 0.2) is 0 Å². The van der Waals surface area contributed by atoms with E-state index < -0.39 is 0 Å². The van der Waals surface area contributed by atoms with Crippen LogP contribution in [-0.4, -0.2) is 28.0 Å². The highest BCUT2D eigenvalue weighted by Gasteiger charge is 2.08. The number of hydrogen-bond acceptors (Lipinski definition) is 4. The van der Waals surface area contributed by atoms with Gasteiger partial charge in [-0.15, -0.1) is 11.6 Å². The third kappa shape index (κ3) is 6.05. The molecule has 5 heteroatoms. The van der Waals surface area contributed by atoms with Crippen molar-refractivity contribution >= 4 is 17.5 Å². The average Bonchev–Trinajstić information content (AvgIpc) is 2.25. The summed E-state index contributed by atoms with van der Waals surface area (Å²) in [4.78, 5) is 8.40. The van der Waals surface area contributed by atoms with Crippen LogP contribution in [0.1, 0.15) is 34.1 Å². The molecule has 1 heterocycles. The van der Waals surface area contributed by atoms with Crippen molar-refractivity contribution in [2.24, 2.45) is 5.92 Å². The minimum atomic E-state index is 0.0864. The number of aromatic nitrogens is 2. The van der Waals surface area contributed by atoms with E-state index >= 15 is 0 Å². The van der Waals surface area contributed by atoms with Gasteiger partial charge in [-0.05, 0) is 26.2 Å². The summed E-state index contributed by atoms with van der Waals surface area (Å²) < 4.78 is 5.50. The molecule has 0 aromatic carbocycles. The molecule has 0 saturated heterocycles. The average molecular weight is 272 g/mol. The van der Waals surface area contributed by atoms with Crippen LogP contribution in [0.15, 0.2) is 12.3 Å². The van der Waals surface area contributed by atoms with E-state index in [0.717, 1.165) is 6.42 Å². The molecule has 1 aromatic rings. The Balaban J connectivity index is 2.47. The van der Waals surface area contributed by atoms with Crippen molar-refractivity contribution < 1.29 is 4.74 Å². The third-order valence-corrected chi connectivity index (χ3v) is 2.53. The summed E-state index contributed by atoms with van der Waals surface area (Å²) in [5.74, 6) is 1.73. The maximum Gasteiger partial charge on any atom is 0.225 e. The van der Waals surface area contributed by atoms with E-state index in [2.05, 4.69) is 29.1 Å². The number of rotatable bonds is 7. The lowest BCUT2D eigenvalue weighted by molar-refractivity contribution is 0.232. The Labute approximate surface area is 114 Å². The monoisotopic (exact) mass is 271 g/mol. The number of nitrogens with one attached hydrogen (secondary N) is 1. The normalized spacial score (nSPS) is 12.8. The highest BCUT2D eigenvalue weighted by molar-refractivity contribution is 6.20. The van der Waals surface area contributed by atoms with Crippen LogP contribution >= 0.6 is 11.6 Å². The number of anilines is 1. The Morgan fingerprint density at radius 1 is 1.33 bits per heavy atom. The molecule has 1 rings (SSSR count). The summed E-state index contributed by atoms with van der Waals surface area (Å²) in [6.07, 6.45) is 2.75. The number of ether oxygens (including phenoxy) is 1. The molecule has 102 valence electrons. The fourth-order valence-electron chi connectivity index (χ4n) is 1.53. The highest BCUT2D eigenvalue weighted by Crippen LogP contribution is 2.13. The molecule has 0 amide bonds. The lowest BCUT2D eigenvalue weighted by Crippen LogP contribution is -2.18. The van der Waals surface area contributed by atoms with Crippen LogP contribution in [0.4, 0.5) is 5.95 Å². The molecule has 0 saturated carbocycles. The molecule has 0 spiro atoms. The number of halogens is 1. The largest absolute Gasteiger partial charge is 0.475 e. The minimum Gasteiger partial charge on any atom is -0.475 e. The highest BCUT2D eigenvalue weighted by atomic mass is 35.5. The first kappa shape index (κ1) is 15.0. The molecular weight excluding hydrogens is 250 g/mol. The van der Waals surface area contributed by atoms with Gasteiger partial charge in [0.05, 0.1) is 11.5 Å². The van der Waals surface area contributed by atoms with Crippen molar-refractivity contribution in [2.45, 2.75) is 45.6 Å². The van der Waals surface area contributed by atoms with Gasteiger partial charge < -0.3 is 10.1 Å². The second-order valence-electron chi connectivity index (χ2n) is 4.99. The molecule has 0 bridgehead atoms. The van der Waals surface area contributed by atoms with Crippen LogP contribution in [0.2, 0.25) is 0 Å². The lowest BCUT2D eigenvalue weighted by atomic mass is 10.1. The summed E-state index contributed by atoms with van der Waals surface area (Å²) in [5.41, 5.74) is 0. The van der Waals surface area contributed by atoms with Gasteiger partial charge in [-0.3, -0.25) is 0 Å². The van der Waals surface area contributed by atoms with Crippen LogP contribution in [0.5, 0.6) is 5.88 Å². The maximum absolute atomic E-state index is 6.20. The SMILES string of the molecule is CC(C)CC(Cl)CNc1nccc(OC(C)C)n1. The van der Waals surface area contributed by atoms with Gasteiger partial charge in [-0.25, -0.2) is 4.98 Å². The van der Waals surface area contributed by atoms with E-state index in [1.165, 1.54) is 0 Å². The van der Waals surface area contributed by atoms with Crippen LogP contribution in [-0.2, 0) is 0 Å². The van der Waals surface area contributed by atoms with Gasteiger partial charge in [0.1, 0.15) is 0 Å². The van der Waals surface area contributed by atoms with Gasteiger partial charge in [0, 0.05) is 18.8 Å². The molecule has 1 unspecified atom stereocenters. The lowest BCUT2D eigenvalue weighted by Gasteiger charge is -2.13. The summed E-state index contributed by atoms with van der Waals surface area (Å²) >= 11 is 6.20. The Bertz CT molecular complexity index is 358. The molecule has 0 aliphatic carbocycles. The van der Waals surface area contributed by atoms with E-state index in [4.69, 9.17) is 16.3 Å². The van der Waals surface area contributed by atoms with E-state index in [-0.39, 0.29) is 11.5 Å². The minimum absolute atomic E-state index is 0.0864. The molecular formula is C13H22ClN3O. The predicted molar refractivity (Wildman–Crippen MR) is 75.4 cm³/mol. The number of nitrogens with zero attached hydrogens (tertiary/aromatic N) is 2. The zero-order chi connectivity index (χ0) is 13.5. The van der Waals surface area contributed by atoms with E-state index in [0.29, 0.717) is 24.3 Å². The summed E-state index contributed by atoms with van der Waals surface area (Å²) in [6.45, 7) is 8.90. The fourth-order valence-corrected chi connectivity index (χ4v) is 1.96. The van der Waals surface area contributed by atoms with Gasteiger partial charge in [0.25, 0.3) is 0 Å². The molecule has 18 heavy (non-hydrogen) atoms. The van der Waals surface area contributed by atoms with Crippen LogP contribution < -0.4 is 10.1 Å². The number of hydrogen-bond donors (Lipinski definition) is 1. The Hall–Kier alpha value is -1.03. The summed E-state index contributed by atoms with van der Waals surface area (Å²) in [7, 11) is 0. The van der Waals surface area contributed by atoms with Crippen molar-refractivity contribution in [2.75, 3.05) is 11.9 Å². The standard InChI is InChI=1S/C13H22ClN3O/c1-9(2)7-11(14)8-16-13-15-6-5-12(17-13)18-10(3)4/h5-6,9-11H,7-8H2,1-4H3,(H,15,16,17). The van der Waals surface area contributed by atoms with E-state index in [1.807, 2.05) is 13.8 Å². The zero-order valence-corrected chi connectivity index (χ0v) is 12.2. The number of alkyl halides is 1. The van der Waals surface area contributed by atoms with E-state index in [1.54, 1.807) is 12.3 Å². The molecule has 0 aliphatic heterocycles. The van der Waals surface area contributed by atoms with Crippen molar-refractivity contribution in [3.05, 3.63) is 12.3 Å². The second kappa shape index (κ2) is 7.41. The first-order valence-corrected chi connectivity index (χ1v) is 6.78. The Morgan fingerprint density at radius 3 is 2.67 bits per heavy atom. The fraction of sp³-hybridized carbons (Fsp3) is 0.692. The van der Waals surface area contributed by atoms with Gasteiger partial charge >= 0.3 is 0 Å². The zero-order valence-electron chi connectivity index (χ0n) is 11.5. The van der Waals surface area contributed by atoms with E-state index in [9.17, 15) is 0 Å². The van der Waals surface area contributed by atoms with Crippen molar-refractivity contribution in [1.82, 2.24) is 9.97 Å². The third-order valence-electron chi connectivity index (χ3n) is 2.20. The van der Waals surface area contributed by atoms with Crippen LogP contribution in [0, 0.1) is 5.92 Å². The van der Waals surface area contributed by atoms with Crippen molar-refractivity contribution in [3.63, 3.8) is 0 Å². The first-order valence-electron chi connectivity index (χ1n) is 6.35. The molecule has 1 atom stereocenters. The summed E-state index contributed by atoms with van der Waals surface area (Å²) in [6, 6.07) is 1.75. The van der Waals surface area contributed by atoms with Crippen molar-refractivity contribution in [1.29, 1.82) is 0 Å². The van der Waals surface area contributed by atoms with Crippen LogP contribution in [0.25, 0.3) is 0 Å². The van der Waals surface area contributed by atoms with Crippen LogP contribution in [0.3, 0.4) is 0 Å². The van der Waals surface area contributed by atoms with Gasteiger partial charge in [-0.2, -0.15) is 4.98 Å². The Kier molecular flexibility index (Phi) is 6.19. The van der Waals surface area contributed by atoms with Crippen molar-refractivity contribution in [3.8, 4) is 5.88 Å². The van der Waals surface area contributed by atoms with Gasteiger partial charge in [0.2, 0.25) is 11.8 Å². The predicted octanol–water partition coefficient (Wildman–Crippen LogP) is 3.33. The molecule has 1 N–H and O–H groups in total. The first-order chi connectivity index (χ1) is 8.47. The topological polar surface area (TPSA) is 47.0 Å². The molecule has 0 radical (unpaired) electrons. The Morgan fingerprint density at radius 2 is 2.06 bits per heavy atom. The molecule has 4 nitrogen and oxygen atoms in total. The molecule has 0 fully saturated rings.